The molecule has 1 aliphatic rings. The fourth-order valence-corrected chi connectivity index (χ4v) is 4.42. The molecule has 28 heavy (non-hydrogen) atoms. The molecular weight excluding hydrogens is 396 g/mol. The van der Waals surface area contributed by atoms with E-state index in [1.807, 2.05) is 25.7 Å². The topological polar surface area (TPSA) is 90.5 Å². The molecule has 0 radical (unpaired) electrons. The van der Waals surface area contributed by atoms with Gasteiger partial charge in [-0.1, -0.05) is 36.4 Å². The van der Waals surface area contributed by atoms with Gasteiger partial charge in [-0.05, 0) is 27.2 Å². The second-order valence-corrected chi connectivity index (χ2v) is 10.1. The zero-order valence-electron chi connectivity index (χ0n) is 17.3. The maximum atomic E-state index is 12.5. The standard InChI is InChI=1S/C18H32N6O2S2/c1-5-6-7-19-16-21-22-17(28-16)27-13-15(26)24-10-8-23(9-11-24)12-14(25)20-18(2,3)4/h5-13H2,1-4H3,(H,19,21)(H,20,25). The number of hydrogen-bond acceptors (Lipinski definition) is 8. The number of hydrogen-bond donors (Lipinski definition) is 2. The van der Waals surface area contributed by atoms with Crippen molar-refractivity contribution in [3.05, 3.63) is 0 Å². The zero-order chi connectivity index (χ0) is 20.6. The molecule has 0 spiro atoms. The van der Waals surface area contributed by atoms with Crippen LogP contribution in [0, 0.1) is 0 Å². The van der Waals surface area contributed by atoms with Gasteiger partial charge < -0.3 is 15.5 Å². The summed E-state index contributed by atoms with van der Waals surface area (Å²) in [6, 6.07) is 0. The molecule has 2 rings (SSSR count). The van der Waals surface area contributed by atoms with E-state index in [0.29, 0.717) is 25.4 Å². The highest BCUT2D eigenvalue weighted by Crippen LogP contribution is 2.25. The van der Waals surface area contributed by atoms with Crippen molar-refractivity contribution in [1.29, 1.82) is 0 Å². The summed E-state index contributed by atoms with van der Waals surface area (Å²) in [5.74, 6) is 0.510. The lowest BCUT2D eigenvalue weighted by atomic mass is 10.1. The van der Waals surface area contributed by atoms with E-state index in [-0.39, 0.29) is 17.4 Å². The van der Waals surface area contributed by atoms with Gasteiger partial charge in [0.25, 0.3) is 0 Å². The highest BCUT2D eigenvalue weighted by Gasteiger charge is 2.24. The van der Waals surface area contributed by atoms with Crippen LogP contribution in [0.15, 0.2) is 4.34 Å². The minimum atomic E-state index is -0.220. The Morgan fingerprint density at radius 1 is 1.18 bits per heavy atom. The van der Waals surface area contributed by atoms with Crippen molar-refractivity contribution in [2.24, 2.45) is 0 Å². The molecule has 1 aromatic heterocycles. The Morgan fingerprint density at radius 3 is 2.54 bits per heavy atom. The van der Waals surface area contributed by atoms with E-state index >= 15 is 0 Å². The molecule has 0 aliphatic carbocycles. The number of carbonyl (C=O) groups excluding carboxylic acids is 2. The maximum absolute atomic E-state index is 12.5. The lowest BCUT2D eigenvalue weighted by Crippen LogP contribution is -2.53. The number of anilines is 1. The Morgan fingerprint density at radius 2 is 1.89 bits per heavy atom. The number of nitrogens with one attached hydrogen (secondary N) is 2. The molecule has 1 fully saturated rings. The van der Waals surface area contributed by atoms with Crippen LogP contribution in [0.3, 0.4) is 0 Å². The van der Waals surface area contributed by atoms with Gasteiger partial charge in [0.05, 0.1) is 12.3 Å². The predicted octanol–water partition coefficient (Wildman–Crippen LogP) is 1.90. The zero-order valence-corrected chi connectivity index (χ0v) is 18.9. The van der Waals surface area contributed by atoms with Gasteiger partial charge in [0, 0.05) is 38.3 Å². The first-order chi connectivity index (χ1) is 13.3. The fraction of sp³-hybridized carbons (Fsp3) is 0.778. The van der Waals surface area contributed by atoms with E-state index in [9.17, 15) is 9.59 Å². The lowest BCUT2D eigenvalue weighted by Gasteiger charge is -2.34. The average molecular weight is 429 g/mol. The largest absolute Gasteiger partial charge is 0.360 e. The number of piperazine rings is 1. The van der Waals surface area contributed by atoms with Crippen LogP contribution in [0.1, 0.15) is 40.5 Å². The number of aromatic nitrogens is 2. The molecule has 1 aliphatic heterocycles. The van der Waals surface area contributed by atoms with Gasteiger partial charge in [0.1, 0.15) is 0 Å². The van der Waals surface area contributed by atoms with Crippen LogP contribution in [0.25, 0.3) is 0 Å². The van der Waals surface area contributed by atoms with Crippen LogP contribution in [0.2, 0.25) is 0 Å². The lowest BCUT2D eigenvalue weighted by molar-refractivity contribution is -0.130. The number of unbranched alkanes of at least 4 members (excludes halogenated alkanes) is 1. The van der Waals surface area contributed by atoms with E-state index in [1.54, 1.807) is 0 Å². The van der Waals surface area contributed by atoms with Gasteiger partial charge in [0.2, 0.25) is 16.9 Å². The molecule has 0 atom stereocenters. The Kier molecular flexibility index (Phi) is 8.97. The van der Waals surface area contributed by atoms with Crippen molar-refractivity contribution < 1.29 is 9.59 Å². The molecule has 1 aromatic rings. The molecule has 2 N–H and O–H groups in total. The van der Waals surface area contributed by atoms with E-state index in [0.717, 1.165) is 41.9 Å². The molecule has 0 bridgehead atoms. The van der Waals surface area contributed by atoms with Crippen molar-refractivity contribution in [2.45, 2.75) is 50.4 Å². The molecule has 2 heterocycles. The summed E-state index contributed by atoms with van der Waals surface area (Å²) in [7, 11) is 0. The molecule has 8 nitrogen and oxygen atoms in total. The van der Waals surface area contributed by atoms with Crippen molar-refractivity contribution in [2.75, 3.05) is 50.3 Å². The number of carbonyl (C=O) groups is 2. The number of nitrogens with zero attached hydrogens (tertiary/aromatic N) is 4. The van der Waals surface area contributed by atoms with Gasteiger partial charge in [-0.15, -0.1) is 10.2 Å². The van der Waals surface area contributed by atoms with Crippen LogP contribution in [-0.4, -0.2) is 82.4 Å². The molecule has 1 saturated heterocycles. The SMILES string of the molecule is CCCCNc1nnc(SCC(=O)N2CCN(CC(=O)NC(C)(C)C)CC2)s1. The number of amides is 2. The first-order valence-electron chi connectivity index (χ1n) is 9.78. The molecule has 0 saturated carbocycles. The highest BCUT2D eigenvalue weighted by atomic mass is 32.2. The summed E-state index contributed by atoms with van der Waals surface area (Å²) < 4.78 is 0.810. The molecular formula is C18H32N6O2S2. The molecule has 0 aromatic carbocycles. The summed E-state index contributed by atoms with van der Waals surface area (Å²) in [4.78, 5) is 28.4. The minimum absolute atomic E-state index is 0.0300. The van der Waals surface area contributed by atoms with E-state index in [2.05, 4.69) is 32.7 Å². The Labute approximate surface area is 175 Å². The van der Waals surface area contributed by atoms with Crippen LogP contribution in [0.5, 0.6) is 0 Å². The van der Waals surface area contributed by atoms with Gasteiger partial charge in [-0.2, -0.15) is 0 Å². The van der Waals surface area contributed by atoms with Crippen LogP contribution >= 0.6 is 23.1 Å². The van der Waals surface area contributed by atoms with Gasteiger partial charge in [0.15, 0.2) is 4.34 Å². The summed E-state index contributed by atoms with van der Waals surface area (Å²) in [6.07, 6.45) is 2.24. The number of thioether (sulfide) groups is 1. The second kappa shape index (κ2) is 11.0. The second-order valence-electron chi connectivity index (χ2n) is 7.90. The van der Waals surface area contributed by atoms with E-state index in [1.165, 1.54) is 23.1 Å². The predicted molar refractivity (Wildman–Crippen MR) is 115 cm³/mol. The van der Waals surface area contributed by atoms with Crippen molar-refractivity contribution >= 4 is 40.0 Å². The van der Waals surface area contributed by atoms with Crippen LogP contribution in [-0.2, 0) is 9.59 Å². The Balaban J connectivity index is 1.67. The Bertz CT molecular complexity index is 638. The first kappa shape index (κ1) is 22.9. The average Bonchev–Trinajstić information content (AvgIpc) is 3.07. The third-order valence-corrected chi connectivity index (χ3v) is 6.14. The third kappa shape index (κ3) is 8.32. The van der Waals surface area contributed by atoms with Gasteiger partial charge in [-0.3, -0.25) is 14.5 Å². The fourth-order valence-electron chi connectivity index (χ4n) is 2.74. The Hall–Kier alpha value is -1.39. The van der Waals surface area contributed by atoms with Gasteiger partial charge >= 0.3 is 0 Å². The maximum Gasteiger partial charge on any atom is 0.234 e. The monoisotopic (exact) mass is 428 g/mol. The van der Waals surface area contributed by atoms with Crippen molar-refractivity contribution in [1.82, 2.24) is 25.3 Å². The number of rotatable bonds is 9. The van der Waals surface area contributed by atoms with Crippen molar-refractivity contribution in [3.8, 4) is 0 Å². The van der Waals surface area contributed by atoms with E-state index < -0.39 is 0 Å². The highest BCUT2D eigenvalue weighted by molar-refractivity contribution is 8.01. The van der Waals surface area contributed by atoms with Gasteiger partial charge in [-0.25, -0.2) is 0 Å². The summed E-state index contributed by atoms with van der Waals surface area (Å²) in [5.41, 5.74) is -0.220. The summed E-state index contributed by atoms with van der Waals surface area (Å²) in [6.45, 7) is 12.1. The minimum Gasteiger partial charge on any atom is -0.360 e. The normalized spacial score (nSPS) is 15.5. The summed E-state index contributed by atoms with van der Waals surface area (Å²) >= 11 is 2.93. The third-order valence-electron chi connectivity index (χ3n) is 4.14. The molecule has 158 valence electrons. The quantitative estimate of drug-likeness (QED) is 0.458. The first-order valence-corrected chi connectivity index (χ1v) is 11.6. The van der Waals surface area contributed by atoms with Crippen molar-refractivity contribution in [3.63, 3.8) is 0 Å². The van der Waals surface area contributed by atoms with E-state index in [4.69, 9.17) is 0 Å². The van der Waals surface area contributed by atoms with Crippen LogP contribution < -0.4 is 10.6 Å². The van der Waals surface area contributed by atoms with Crippen LogP contribution in [0.4, 0.5) is 5.13 Å². The smallest absolute Gasteiger partial charge is 0.234 e. The molecule has 0 unspecified atom stereocenters. The molecule has 2 amide bonds. The summed E-state index contributed by atoms with van der Waals surface area (Å²) in [5, 5.41) is 15.3. The molecule has 10 heteroatoms.